The molecule has 0 radical (unpaired) electrons. The number of rotatable bonds is 6. The maximum absolute atomic E-state index is 12.1. The van der Waals surface area contributed by atoms with Crippen LogP contribution in [0.25, 0.3) is 0 Å². The van der Waals surface area contributed by atoms with Crippen molar-refractivity contribution < 1.29 is 14.3 Å². The summed E-state index contributed by atoms with van der Waals surface area (Å²) in [4.78, 5) is 16.9. The van der Waals surface area contributed by atoms with Crippen molar-refractivity contribution in [3.8, 4) is 11.5 Å². The van der Waals surface area contributed by atoms with Crippen LogP contribution < -0.4 is 14.9 Å². The lowest BCUT2D eigenvalue weighted by molar-refractivity contribution is 0.0958. The maximum Gasteiger partial charge on any atom is 0.283 e. The third-order valence-electron chi connectivity index (χ3n) is 3.00. The molecule has 0 aliphatic carbocycles. The van der Waals surface area contributed by atoms with E-state index < -0.39 is 0 Å². The summed E-state index contributed by atoms with van der Waals surface area (Å²) < 4.78 is 10.9. The summed E-state index contributed by atoms with van der Waals surface area (Å²) in [5.41, 5.74) is 3.94. The first-order valence-electron chi connectivity index (χ1n) is 7.14. The highest BCUT2D eigenvalue weighted by Gasteiger charge is 2.13. The molecule has 7 heteroatoms. The molecule has 0 saturated carbocycles. The van der Waals surface area contributed by atoms with E-state index in [9.17, 15) is 4.79 Å². The second kappa shape index (κ2) is 7.73. The molecular formula is C16H19N3O3S. The van der Waals surface area contributed by atoms with Crippen LogP contribution in [-0.2, 0) is 0 Å². The number of hydrazone groups is 1. The smallest absolute Gasteiger partial charge is 0.283 e. The number of nitrogens with zero attached hydrogens (tertiary/aromatic N) is 2. The number of aryl methyl sites for hydroxylation is 2. The first-order valence-corrected chi connectivity index (χ1v) is 7.95. The Balaban J connectivity index is 2.14. The molecule has 1 heterocycles. The van der Waals surface area contributed by atoms with Gasteiger partial charge in [-0.3, -0.25) is 4.79 Å². The highest BCUT2D eigenvalue weighted by Crippen LogP contribution is 2.29. The molecule has 0 fully saturated rings. The van der Waals surface area contributed by atoms with Gasteiger partial charge in [0.2, 0.25) is 0 Å². The lowest BCUT2D eigenvalue weighted by Crippen LogP contribution is -2.17. The number of thiazole rings is 1. The van der Waals surface area contributed by atoms with Gasteiger partial charge in [0.25, 0.3) is 5.91 Å². The summed E-state index contributed by atoms with van der Waals surface area (Å²) in [5, 5.41) is 4.86. The number of para-hydroxylation sites is 1. The zero-order chi connectivity index (χ0) is 16.8. The van der Waals surface area contributed by atoms with Gasteiger partial charge in [0.05, 0.1) is 30.6 Å². The minimum atomic E-state index is -0.273. The van der Waals surface area contributed by atoms with Crippen LogP contribution in [0.4, 0.5) is 0 Å². The first kappa shape index (κ1) is 17.0. The van der Waals surface area contributed by atoms with Gasteiger partial charge in [0.1, 0.15) is 4.88 Å². The Morgan fingerprint density at radius 1 is 1.43 bits per heavy atom. The van der Waals surface area contributed by atoms with Crippen molar-refractivity contribution in [2.24, 2.45) is 5.10 Å². The van der Waals surface area contributed by atoms with Gasteiger partial charge in [0, 0.05) is 5.56 Å². The minimum absolute atomic E-state index is 0.273. The first-order chi connectivity index (χ1) is 11.1. The van der Waals surface area contributed by atoms with Gasteiger partial charge in [-0.05, 0) is 32.9 Å². The fraction of sp³-hybridized carbons (Fsp3) is 0.312. The van der Waals surface area contributed by atoms with Crippen molar-refractivity contribution in [1.82, 2.24) is 10.4 Å². The molecule has 23 heavy (non-hydrogen) atoms. The Labute approximate surface area is 139 Å². The summed E-state index contributed by atoms with van der Waals surface area (Å²) in [7, 11) is 1.58. The predicted octanol–water partition coefficient (Wildman–Crippen LogP) is 2.93. The largest absolute Gasteiger partial charge is 0.493 e. The summed E-state index contributed by atoms with van der Waals surface area (Å²) in [6, 6.07) is 5.48. The summed E-state index contributed by atoms with van der Waals surface area (Å²) in [5.74, 6) is 0.946. The fourth-order valence-electron chi connectivity index (χ4n) is 2.05. The van der Waals surface area contributed by atoms with Gasteiger partial charge in [0.15, 0.2) is 11.5 Å². The topological polar surface area (TPSA) is 72.8 Å². The molecule has 6 nitrogen and oxygen atoms in total. The van der Waals surface area contributed by atoms with Crippen molar-refractivity contribution in [3.63, 3.8) is 0 Å². The molecule has 122 valence electrons. The van der Waals surface area contributed by atoms with E-state index in [1.807, 2.05) is 32.0 Å². The molecule has 0 aliphatic rings. The quantitative estimate of drug-likeness (QED) is 0.651. The SMILES string of the molecule is CCOc1c(/C=N/NC(=O)c2sc(C)nc2C)cccc1OC. The average Bonchev–Trinajstić information content (AvgIpc) is 2.87. The number of aromatic nitrogens is 1. The Kier molecular flexibility index (Phi) is 5.70. The van der Waals surface area contributed by atoms with Gasteiger partial charge in [-0.2, -0.15) is 5.10 Å². The van der Waals surface area contributed by atoms with E-state index in [1.165, 1.54) is 17.6 Å². The van der Waals surface area contributed by atoms with Gasteiger partial charge >= 0.3 is 0 Å². The highest BCUT2D eigenvalue weighted by atomic mass is 32.1. The van der Waals surface area contributed by atoms with Crippen LogP contribution >= 0.6 is 11.3 Å². The number of hydrogen-bond acceptors (Lipinski definition) is 6. The van der Waals surface area contributed by atoms with Crippen molar-refractivity contribution in [1.29, 1.82) is 0 Å². The lowest BCUT2D eigenvalue weighted by Gasteiger charge is -2.11. The third-order valence-corrected chi connectivity index (χ3v) is 4.07. The summed E-state index contributed by atoms with van der Waals surface area (Å²) in [6.45, 7) is 6.07. The Bertz CT molecular complexity index is 725. The monoisotopic (exact) mass is 333 g/mol. The number of hydrogen-bond donors (Lipinski definition) is 1. The van der Waals surface area contributed by atoms with Crippen LogP contribution in [-0.4, -0.2) is 30.8 Å². The van der Waals surface area contributed by atoms with E-state index in [0.29, 0.717) is 28.7 Å². The summed E-state index contributed by atoms with van der Waals surface area (Å²) >= 11 is 1.34. The second-order valence-electron chi connectivity index (χ2n) is 4.66. The predicted molar refractivity (Wildman–Crippen MR) is 90.8 cm³/mol. The number of nitrogens with one attached hydrogen (secondary N) is 1. The lowest BCUT2D eigenvalue weighted by atomic mass is 10.2. The Hall–Kier alpha value is -2.41. The average molecular weight is 333 g/mol. The van der Waals surface area contributed by atoms with Crippen molar-refractivity contribution in [2.45, 2.75) is 20.8 Å². The number of amides is 1. The number of carbonyl (C=O) groups excluding carboxylic acids is 1. The highest BCUT2D eigenvalue weighted by molar-refractivity contribution is 7.13. The van der Waals surface area contributed by atoms with Gasteiger partial charge in [-0.15, -0.1) is 11.3 Å². The zero-order valence-corrected chi connectivity index (χ0v) is 14.4. The second-order valence-corrected chi connectivity index (χ2v) is 5.86. The fourth-order valence-corrected chi connectivity index (χ4v) is 2.86. The zero-order valence-electron chi connectivity index (χ0n) is 13.5. The molecule has 0 aliphatic heterocycles. The third kappa shape index (κ3) is 4.07. The molecule has 2 aromatic rings. The Morgan fingerprint density at radius 2 is 2.22 bits per heavy atom. The van der Waals surface area contributed by atoms with Gasteiger partial charge < -0.3 is 9.47 Å². The summed E-state index contributed by atoms with van der Waals surface area (Å²) in [6.07, 6.45) is 1.54. The van der Waals surface area contributed by atoms with Gasteiger partial charge in [-0.25, -0.2) is 10.4 Å². The molecular weight excluding hydrogens is 314 g/mol. The van der Waals surface area contributed by atoms with Crippen molar-refractivity contribution in [3.05, 3.63) is 39.3 Å². The van der Waals surface area contributed by atoms with Crippen LogP contribution in [0.3, 0.4) is 0 Å². The number of benzene rings is 1. The molecule has 1 aromatic carbocycles. The molecule has 1 aromatic heterocycles. The maximum atomic E-state index is 12.1. The minimum Gasteiger partial charge on any atom is -0.493 e. The van der Waals surface area contributed by atoms with Crippen LogP contribution in [0.5, 0.6) is 11.5 Å². The number of carbonyl (C=O) groups is 1. The van der Waals surface area contributed by atoms with E-state index in [4.69, 9.17) is 9.47 Å². The van der Waals surface area contributed by atoms with Gasteiger partial charge in [-0.1, -0.05) is 6.07 Å². The molecule has 0 atom stereocenters. The van der Waals surface area contributed by atoms with E-state index in [2.05, 4.69) is 15.5 Å². The van der Waals surface area contributed by atoms with Crippen LogP contribution in [0.1, 0.15) is 32.9 Å². The molecule has 0 saturated heterocycles. The number of methoxy groups -OCH3 is 1. The molecule has 0 bridgehead atoms. The standard InChI is InChI=1S/C16H19N3O3S/c1-5-22-14-12(7-6-8-13(14)21-4)9-17-19-16(20)15-10(2)18-11(3)23-15/h6-9H,5H2,1-4H3,(H,19,20)/b17-9+. The van der Waals surface area contributed by atoms with E-state index in [0.717, 1.165) is 10.6 Å². The van der Waals surface area contributed by atoms with Crippen molar-refractivity contribution >= 4 is 23.5 Å². The molecule has 1 amide bonds. The normalized spacial score (nSPS) is 10.8. The van der Waals surface area contributed by atoms with Crippen LogP contribution in [0, 0.1) is 13.8 Å². The molecule has 1 N–H and O–H groups in total. The van der Waals surface area contributed by atoms with E-state index in [1.54, 1.807) is 14.0 Å². The van der Waals surface area contributed by atoms with E-state index >= 15 is 0 Å². The van der Waals surface area contributed by atoms with E-state index in [-0.39, 0.29) is 5.91 Å². The van der Waals surface area contributed by atoms with Crippen LogP contribution in [0.15, 0.2) is 23.3 Å². The molecule has 0 unspecified atom stereocenters. The van der Waals surface area contributed by atoms with Crippen LogP contribution in [0.2, 0.25) is 0 Å². The van der Waals surface area contributed by atoms with Crippen molar-refractivity contribution in [2.75, 3.05) is 13.7 Å². The molecule has 2 rings (SSSR count). The Morgan fingerprint density at radius 3 is 2.83 bits per heavy atom. The number of ether oxygens (including phenoxy) is 2. The molecule has 0 spiro atoms.